The van der Waals surface area contributed by atoms with E-state index in [1.54, 1.807) is 0 Å². The van der Waals surface area contributed by atoms with E-state index < -0.39 is 16.2 Å². The van der Waals surface area contributed by atoms with Gasteiger partial charge in [-0.25, -0.2) is 0 Å². The monoisotopic (exact) mass is 310 g/mol. The first-order valence-electron chi connectivity index (χ1n) is 6.90. The molecule has 0 saturated carbocycles. The van der Waals surface area contributed by atoms with Crippen LogP contribution in [-0.2, 0) is 15.0 Å². The first kappa shape index (κ1) is 19.3. The molecule has 0 aromatic rings. The van der Waals surface area contributed by atoms with Crippen molar-refractivity contribution in [1.82, 2.24) is 8.61 Å². The molecular formula is C12H26N2O5S. The van der Waals surface area contributed by atoms with E-state index in [2.05, 4.69) is 6.92 Å². The molecule has 0 rings (SSSR count). The molecule has 0 saturated heterocycles. The van der Waals surface area contributed by atoms with E-state index in [9.17, 15) is 13.2 Å². The first-order valence-corrected chi connectivity index (χ1v) is 8.30. The maximum Gasteiger partial charge on any atom is 0.304 e. The van der Waals surface area contributed by atoms with Gasteiger partial charge in [-0.05, 0) is 6.42 Å². The van der Waals surface area contributed by atoms with Crippen LogP contribution in [0, 0.1) is 0 Å². The normalized spacial score (nSPS) is 12.2. The summed E-state index contributed by atoms with van der Waals surface area (Å²) in [6.07, 6.45) is 3.54. The van der Waals surface area contributed by atoms with Crippen molar-refractivity contribution < 1.29 is 23.4 Å². The molecule has 0 heterocycles. The average Bonchev–Trinajstić information content (AvgIpc) is 2.39. The molecule has 0 spiro atoms. The van der Waals surface area contributed by atoms with Gasteiger partial charge >= 0.3 is 5.97 Å². The van der Waals surface area contributed by atoms with Crippen molar-refractivity contribution in [3.8, 4) is 0 Å². The molecule has 0 atom stereocenters. The first-order chi connectivity index (χ1) is 9.36. The summed E-state index contributed by atoms with van der Waals surface area (Å²) in [5.74, 6) is -1.04. The molecule has 0 aliphatic carbocycles. The Kier molecular flexibility index (Phi) is 9.74. The smallest absolute Gasteiger partial charge is 0.304 e. The molecule has 120 valence electrons. The fourth-order valence-corrected chi connectivity index (χ4v) is 3.12. The second kappa shape index (κ2) is 10.1. The predicted molar refractivity (Wildman–Crippen MR) is 76.6 cm³/mol. The van der Waals surface area contributed by atoms with E-state index in [4.69, 9.17) is 10.2 Å². The lowest BCUT2D eigenvalue weighted by atomic mass is 10.2. The lowest BCUT2D eigenvalue weighted by Gasteiger charge is -2.26. The van der Waals surface area contributed by atoms with Gasteiger partial charge in [0.25, 0.3) is 10.2 Å². The van der Waals surface area contributed by atoms with Gasteiger partial charge in [0.15, 0.2) is 0 Å². The van der Waals surface area contributed by atoms with Crippen LogP contribution in [0.15, 0.2) is 0 Å². The third-order valence-electron chi connectivity index (χ3n) is 2.97. The predicted octanol–water partition coefficient (Wildman–Crippen LogP) is 0.512. The maximum absolute atomic E-state index is 12.2. The second-order valence-electron chi connectivity index (χ2n) is 4.66. The highest BCUT2D eigenvalue weighted by atomic mass is 32.2. The lowest BCUT2D eigenvalue weighted by Crippen LogP contribution is -2.44. The molecule has 0 amide bonds. The second-order valence-corrected chi connectivity index (χ2v) is 6.69. The molecule has 20 heavy (non-hydrogen) atoms. The molecule has 7 nitrogen and oxygen atoms in total. The van der Waals surface area contributed by atoms with Crippen LogP contribution in [0.1, 0.15) is 39.0 Å². The molecule has 0 aromatic carbocycles. The number of aliphatic carboxylic acids is 1. The summed E-state index contributed by atoms with van der Waals surface area (Å²) in [6.45, 7) is 2.13. The Morgan fingerprint density at radius 2 is 1.75 bits per heavy atom. The summed E-state index contributed by atoms with van der Waals surface area (Å²) in [4.78, 5) is 10.5. The molecule has 0 aromatic heterocycles. The zero-order chi connectivity index (χ0) is 15.6. The zero-order valence-electron chi connectivity index (χ0n) is 12.3. The number of aliphatic hydroxyl groups is 1. The van der Waals surface area contributed by atoms with Crippen molar-refractivity contribution in [1.29, 1.82) is 0 Å². The molecule has 0 unspecified atom stereocenters. The summed E-state index contributed by atoms with van der Waals surface area (Å²) in [6, 6.07) is 0. The third-order valence-corrected chi connectivity index (χ3v) is 4.96. The van der Waals surface area contributed by atoms with Gasteiger partial charge in [0, 0.05) is 26.7 Å². The molecule has 0 aliphatic rings. The van der Waals surface area contributed by atoms with E-state index in [0.717, 1.165) is 30.0 Å². The molecule has 2 N–H and O–H groups in total. The third kappa shape index (κ3) is 7.18. The fourth-order valence-electron chi connectivity index (χ4n) is 1.73. The van der Waals surface area contributed by atoms with Crippen LogP contribution in [0.4, 0.5) is 0 Å². The van der Waals surface area contributed by atoms with E-state index in [1.165, 1.54) is 11.4 Å². The van der Waals surface area contributed by atoms with Gasteiger partial charge in [0.1, 0.15) is 0 Å². The minimum absolute atomic E-state index is 0.0336. The van der Waals surface area contributed by atoms with E-state index in [-0.39, 0.29) is 26.1 Å². The van der Waals surface area contributed by atoms with Crippen molar-refractivity contribution in [2.45, 2.75) is 39.0 Å². The average molecular weight is 310 g/mol. The van der Waals surface area contributed by atoms with Crippen LogP contribution in [0.3, 0.4) is 0 Å². The fraction of sp³-hybridized carbons (Fsp3) is 0.917. The maximum atomic E-state index is 12.2. The number of aliphatic hydroxyl groups excluding tert-OH is 1. The summed E-state index contributed by atoms with van der Waals surface area (Å²) < 4.78 is 26.7. The van der Waals surface area contributed by atoms with Crippen molar-refractivity contribution in [2.75, 3.05) is 33.3 Å². The van der Waals surface area contributed by atoms with Crippen molar-refractivity contribution >= 4 is 16.2 Å². The molecule has 0 radical (unpaired) electrons. The Morgan fingerprint density at radius 3 is 2.25 bits per heavy atom. The van der Waals surface area contributed by atoms with Gasteiger partial charge in [-0.3, -0.25) is 4.79 Å². The number of carbonyl (C=O) groups is 1. The van der Waals surface area contributed by atoms with Crippen molar-refractivity contribution in [3.63, 3.8) is 0 Å². The summed E-state index contributed by atoms with van der Waals surface area (Å²) in [5, 5.41) is 17.6. The molecular weight excluding hydrogens is 284 g/mol. The number of carboxylic acid groups (broad SMARTS) is 1. The number of unbranched alkanes of at least 4 members (excludes halogenated alkanes) is 3. The Labute approximate surface area is 121 Å². The van der Waals surface area contributed by atoms with Gasteiger partial charge in [-0.2, -0.15) is 17.0 Å². The molecule has 0 fully saturated rings. The van der Waals surface area contributed by atoms with Crippen molar-refractivity contribution in [2.24, 2.45) is 0 Å². The Balaban J connectivity index is 4.56. The van der Waals surface area contributed by atoms with E-state index in [0.29, 0.717) is 6.54 Å². The van der Waals surface area contributed by atoms with Gasteiger partial charge in [0.05, 0.1) is 13.0 Å². The topological polar surface area (TPSA) is 98.2 Å². The highest BCUT2D eigenvalue weighted by molar-refractivity contribution is 7.86. The molecule has 8 heteroatoms. The highest BCUT2D eigenvalue weighted by Gasteiger charge is 2.26. The zero-order valence-corrected chi connectivity index (χ0v) is 13.1. The van der Waals surface area contributed by atoms with Crippen LogP contribution in [0.2, 0.25) is 0 Å². The van der Waals surface area contributed by atoms with Gasteiger partial charge in [0.2, 0.25) is 0 Å². The number of nitrogens with zero attached hydrogens (tertiary/aromatic N) is 2. The molecule has 0 aliphatic heterocycles. The summed E-state index contributed by atoms with van der Waals surface area (Å²) in [7, 11) is -2.35. The number of hydrogen-bond acceptors (Lipinski definition) is 4. The highest BCUT2D eigenvalue weighted by Crippen LogP contribution is 2.10. The largest absolute Gasteiger partial charge is 0.481 e. The minimum Gasteiger partial charge on any atom is -0.481 e. The van der Waals surface area contributed by atoms with Crippen molar-refractivity contribution in [3.05, 3.63) is 0 Å². The Bertz CT molecular complexity index is 372. The lowest BCUT2D eigenvalue weighted by molar-refractivity contribution is -0.137. The van der Waals surface area contributed by atoms with E-state index >= 15 is 0 Å². The minimum atomic E-state index is -3.70. The SMILES string of the molecule is CCCCCCN(CCO)S(=O)(=O)N(C)CCC(=O)O. The van der Waals surface area contributed by atoms with Crippen LogP contribution in [0.5, 0.6) is 0 Å². The standard InChI is InChI=1S/C12H26N2O5S/c1-3-4-5-6-8-14(10-11-15)20(18,19)13(2)9-7-12(16)17/h15H,3-11H2,1-2H3,(H,16,17). The van der Waals surface area contributed by atoms with Crippen LogP contribution in [0.25, 0.3) is 0 Å². The van der Waals surface area contributed by atoms with E-state index in [1.807, 2.05) is 0 Å². The Hall–Kier alpha value is -0.700. The van der Waals surface area contributed by atoms with Gasteiger partial charge in [-0.1, -0.05) is 26.2 Å². The quantitative estimate of drug-likeness (QED) is 0.512. The van der Waals surface area contributed by atoms with Crippen LogP contribution < -0.4 is 0 Å². The molecule has 0 bridgehead atoms. The number of carboxylic acids is 1. The van der Waals surface area contributed by atoms with Gasteiger partial charge in [-0.15, -0.1) is 0 Å². The van der Waals surface area contributed by atoms with Crippen LogP contribution in [-0.4, -0.2) is 66.5 Å². The number of hydrogen-bond donors (Lipinski definition) is 2. The summed E-state index contributed by atoms with van der Waals surface area (Å²) >= 11 is 0. The number of rotatable bonds is 12. The summed E-state index contributed by atoms with van der Waals surface area (Å²) in [5.41, 5.74) is 0. The Morgan fingerprint density at radius 1 is 1.10 bits per heavy atom. The van der Waals surface area contributed by atoms with Crippen LogP contribution >= 0.6 is 0 Å². The van der Waals surface area contributed by atoms with Gasteiger partial charge < -0.3 is 10.2 Å².